The van der Waals surface area contributed by atoms with Crippen LogP contribution >= 0.6 is 11.3 Å². The molecule has 3 aromatic rings. The summed E-state index contributed by atoms with van der Waals surface area (Å²) in [6.45, 7) is 3.10. The molecule has 0 N–H and O–H groups in total. The van der Waals surface area contributed by atoms with Crippen molar-refractivity contribution in [3.05, 3.63) is 58.5 Å². The minimum atomic E-state index is 0.0771. The molecule has 3 heterocycles. The number of nitrogens with zero attached hydrogens (tertiary/aromatic N) is 5. The summed E-state index contributed by atoms with van der Waals surface area (Å²) in [5, 5.41) is 13.1. The van der Waals surface area contributed by atoms with Gasteiger partial charge in [-0.2, -0.15) is 11.3 Å². The third-order valence-electron chi connectivity index (χ3n) is 5.05. The number of anilines is 2. The molecule has 1 amide bonds. The zero-order chi connectivity index (χ0) is 20.1. The van der Waals surface area contributed by atoms with Gasteiger partial charge in [-0.15, -0.1) is 10.2 Å². The van der Waals surface area contributed by atoms with Crippen molar-refractivity contribution in [2.45, 2.75) is 19.4 Å². The number of aromatic nitrogens is 3. The summed E-state index contributed by atoms with van der Waals surface area (Å²) in [5.41, 5.74) is 2.17. The third-order valence-corrected chi connectivity index (χ3v) is 5.78. The number of thiophene rings is 1. The van der Waals surface area contributed by atoms with E-state index in [9.17, 15) is 4.79 Å². The number of hydrogen-bond acceptors (Lipinski definition) is 6. The first-order chi connectivity index (χ1) is 14.3. The van der Waals surface area contributed by atoms with Crippen LogP contribution in [0.2, 0.25) is 0 Å². The van der Waals surface area contributed by atoms with Crippen LogP contribution < -0.4 is 9.80 Å². The summed E-state index contributed by atoms with van der Waals surface area (Å²) in [5.74, 6) is 1.77. The van der Waals surface area contributed by atoms with Gasteiger partial charge < -0.3 is 14.5 Å². The highest BCUT2D eigenvalue weighted by Crippen LogP contribution is 2.22. The van der Waals surface area contributed by atoms with E-state index in [1.165, 1.54) is 5.56 Å². The van der Waals surface area contributed by atoms with Gasteiger partial charge in [-0.05, 0) is 40.9 Å². The lowest BCUT2D eigenvalue weighted by Gasteiger charge is -2.34. The monoisotopic (exact) mass is 411 g/mol. The Kier molecular flexibility index (Phi) is 6.21. The van der Waals surface area contributed by atoms with E-state index in [1.54, 1.807) is 18.4 Å². The number of rotatable bonds is 8. The molecule has 1 aliphatic heterocycles. The quantitative estimate of drug-likeness (QED) is 0.534. The van der Waals surface area contributed by atoms with Gasteiger partial charge in [0.1, 0.15) is 12.4 Å². The van der Waals surface area contributed by atoms with E-state index in [0.717, 1.165) is 43.4 Å². The number of amides is 1. The summed E-state index contributed by atoms with van der Waals surface area (Å²) in [6, 6.07) is 11.9. The lowest BCUT2D eigenvalue weighted by Crippen LogP contribution is -2.51. The SMILES string of the molecule is COCCCn1c(Cc2ccsc2)nnc1N1CCN(c2ccccc2)C(=O)C1. The Bertz CT molecular complexity index is 926. The highest BCUT2D eigenvalue weighted by atomic mass is 32.1. The van der Waals surface area contributed by atoms with Gasteiger partial charge in [0.2, 0.25) is 11.9 Å². The molecule has 2 aromatic heterocycles. The molecular formula is C21H25N5O2S. The van der Waals surface area contributed by atoms with E-state index < -0.39 is 0 Å². The Morgan fingerprint density at radius 3 is 2.72 bits per heavy atom. The molecule has 0 unspecified atom stereocenters. The molecule has 152 valence electrons. The summed E-state index contributed by atoms with van der Waals surface area (Å²) in [4.78, 5) is 16.7. The maximum Gasteiger partial charge on any atom is 0.246 e. The van der Waals surface area contributed by atoms with E-state index in [2.05, 4.69) is 31.6 Å². The van der Waals surface area contributed by atoms with Crippen LogP contribution in [0, 0.1) is 0 Å². The van der Waals surface area contributed by atoms with Crippen LogP contribution in [-0.2, 0) is 22.5 Å². The van der Waals surface area contributed by atoms with Gasteiger partial charge in [-0.1, -0.05) is 18.2 Å². The summed E-state index contributed by atoms with van der Waals surface area (Å²) < 4.78 is 7.37. The number of benzene rings is 1. The van der Waals surface area contributed by atoms with Gasteiger partial charge in [-0.3, -0.25) is 9.36 Å². The van der Waals surface area contributed by atoms with Crippen LogP contribution in [0.15, 0.2) is 47.2 Å². The van der Waals surface area contributed by atoms with Gasteiger partial charge in [-0.25, -0.2) is 0 Å². The van der Waals surface area contributed by atoms with Crippen molar-refractivity contribution in [3.63, 3.8) is 0 Å². The van der Waals surface area contributed by atoms with Crippen LogP contribution in [0.1, 0.15) is 17.8 Å². The molecule has 0 atom stereocenters. The number of carbonyl (C=O) groups is 1. The summed E-state index contributed by atoms with van der Waals surface area (Å²) in [7, 11) is 1.71. The largest absolute Gasteiger partial charge is 0.385 e. The fourth-order valence-electron chi connectivity index (χ4n) is 3.59. The van der Waals surface area contributed by atoms with Crippen molar-refractivity contribution in [3.8, 4) is 0 Å². The molecule has 7 nitrogen and oxygen atoms in total. The van der Waals surface area contributed by atoms with Crippen molar-refractivity contribution in [1.29, 1.82) is 0 Å². The van der Waals surface area contributed by atoms with Crippen LogP contribution in [-0.4, -0.2) is 54.0 Å². The lowest BCUT2D eigenvalue weighted by atomic mass is 10.2. The smallest absolute Gasteiger partial charge is 0.246 e. The Balaban J connectivity index is 1.53. The van der Waals surface area contributed by atoms with Gasteiger partial charge in [0.05, 0.1) is 0 Å². The normalized spacial score (nSPS) is 14.6. The molecule has 0 saturated carbocycles. The molecule has 0 radical (unpaired) electrons. The number of para-hydroxylation sites is 1. The molecule has 8 heteroatoms. The number of piperazine rings is 1. The highest BCUT2D eigenvalue weighted by molar-refractivity contribution is 7.07. The van der Waals surface area contributed by atoms with Gasteiger partial charge in [0, 0.05) is 45.5 Å². The summed E-state index contributed by atoms with van der Waals surface area (Å²) >= 11 is 1.68. The van der Waals surface area contributed by atoms with E-state index >= 15 is 0 Å². The topological polar surface area (TPSA) is 63.5 Å². The molecule has 0 aliphatic carbocycles. The van der Waals surface area contributed by atoms with Crippen LogP contribution in [0.4, 0.5) is 11.6 Å². The minimum Gasteiger partial charge on any atom is -0.385 e. The molecule has 4 rings (SSSR count). The van der Waals surface area contributed by atoms with Crippen LogP contribution in [0.5, 0.6) is 0 Å². The Hall–Kier alpha value is -2.71. The predicted octanol–water partition coefficient (Wildman–Crippen LogP) is 2.82. The Morgan fingerprint density at radius 2 is 2.00 bits per heavy atom. The first-order valence-electron chi connectivity index (χ1n) is 9.78. The van der Waals surface area contributed by atoms with Crippen molar-refractivity contribution < 1.29 is 9.53 Å². The number of carbonyl (C=O) groups excluding carboxylic acids is 1. The van der Waals surface area contributed by atoms with Gasteiger partial charge in [0.15, 0.2) is 0 Å². The predicted molar refractivity (Wildman–Crippen MR) is 115 cm³/mol. The number of methoxy groups -OCH3 is 1. The van der Waals surface area contributed by atoms with Gasteiger partial charge >= 0.3 is 0 Å². The standard InChI is InChI=1S/C21H25N5O2S/c1-28-12-5-9-26-19(14-17-8-13-29-16-17)22-23-21(26)24-10-11-25(20(27)15-24)18-6-3-2-4-7-18/h2-4,6-8,13,16H,5,9-12,14-15H2,1H3. The van der Waals surface area contributed by atoms with E-state index in [1.807, 2.05) is 40.1 Å². The molecule has 0 bridgehead atoms. The summed E-state index contributed by atoms with van der Waals surface area (Å²) in [6.07, 6.45) is 1.61. The zero-order valence-corrected chi connectivity index (χ0v) is 17.3. The first kappa shape index (κ1) is 19.6. The minimum absolute atomic E-state index is 0.0771. The van der Waals surface area contributed by atoms with Crippen LogP contribution in [0.3, 0.4) is 0 Å². The number of ether oxygens (including phenoxy) is 1. The maximum atomic E-state index is 12.8. The first-order valence-corrected chi connectivity index (χ1v) is 10.7. The second-order valence-electron chi connectivity index (χ2n) is 7.03. The zero-order valence-electron chi connectivity index (χ0n) is 16.5. The third kappa shape index (κ3) is 4.49. The molecule has 1 aliphatic rings. The molecule has 0 spiro atoms. The molecule has 1 fully saturated rings. The second-order valence-corrected chi connectivity index (χ2v) is 7.81. The van der Waals surface area contributed by atoms with Crippen molar-refractivity contribution in [1.82, 2.24) is 14.8 Å². The Morgan fingerprint density at radius 1 is 1.14 bits per heavy atom. The average molecular weight is 412 g/mol. The fraction of sp³-hybridized carbons (Fsp3) is 0.381. The van der Waals surface area contributed by atoms with E-state index in [-0.39, 0.29) is 5.91 Å². The molecule has 1 aromatic carbocycles. The average Bonchev–Trinajstić information content (AvgIpc) is 3.39. The van der Waals surface area contributed by atoms with Crippen LogP contribution in [0.25, 0.3) is 0 Å². The van der Waals surface area contributed by atoms with Gasteiger partial charge in [0.25, 0.3) is 0 Å². The highest BCUT2D eigenvalue weighted by Gasteiger charge is 2.28. The lowest BCUT2D eigenvalue weighted by molar-refractivity contribution is -0.117. The van der Waals surface area contributed by atoms with E-state index in [4.69, 9.17) is 4.74 Å². The molecule has 29 heavy (non-hydrogen) atoms. The maximum absolute atomic E-state index is 12.8. The second kappa shape index (κ2) is 9.19. The van der Waals surface area contributed by atoms with Crippen molar-refractivity contribution in [2.24, 2.45) is 0 Å². The Labute approximate surface area is 174 Å². The molecular weight excluding hydrogens is 386 g/mol. The number of hydrogen-bond donors (Lipinski definition) is 0. The molecule has 1 saturated heterocycles. The van der Waals surface area contributed by atoms with Crippen molar-refractivity contribution >= 4 is 28.9 Å². The van der Waals surface area contributed by atoms with Crippen molar-refractivity contribution in [2.75, 3.05) is 43.2 Å². The fourth-order valence-corrected chi connectivity index (χ4v) is 4.26. The van der Waals surface area contributed by atoms with E-state index in [0.29, 0.717) is 19.7 Å².